The molecule has 0 radical (unpaired) electrons. The Balaban J connectivity index is 2.00. The normalized spacial score (nSPS) is 17.6. The maximum Gasteiger partial charge on any atom is 0.191 e. The molecule has 0 bridgehead atoms. The van der Waals surface area contributed by atoms with Crippen molar-refractivity contribution in [3.8, 4) is 11.8 Å². The molecule has 1 aliphatic heterocycles. The molecule has 1 heterocycles. The van der Waals surface area contributed by atoms with Gasteiger partial charge in [-0.15, -0.1) is 0 Å². The van der Waals surface area contributed by atoms with Gasteiger partial charge < -0.3 is 15.4 Å². The van der Waals surface area contributed by atoms with Crippen LogP contribution in [0.4, 0.5) is 0 Å². The van der Waals surface area contributed by atoms with Crippen LogP contribution in [0.2, 0.25) is 0 Å². The second-order valence-corrected chi connectivity index (χ2v) is 4.23. The van der Waals surface area contributed by atoms with Gasteiger partial charge in [0, 0.05) is 12.6 Å². The van der Waals surface area contributed by atoms with Gasteiger partial charge in [-0.3, -0.25) is 4.99 Å². The molecule has 2 rings (SSSR count). The Bertz CT molecular complexity index is 504. The minimum atomic E-state index is 0.392. The lowest BCUT2D eigenvalue weighted by molar-refractivity contribution is 0.413. The molecule has 0 fully saturated rings. The van der Waals surface area contributed by atoms with Gasteiger partial charge in [-0.05, 0) is 24.6 Å². The quantitative estimate of drug-likeness (QED) is 0.832. The number of nitrogens with zero attached hydrogens (tertiary/aromatic N) is 2. The van der Waals surface area contributed by atoms with Gasteiger partial charge in [-0.25, -0.2) is 0 Å². The van der Waals surface area contributed by atoms with Crippen LogP contribution in [0, 0.1) is 11.3 Å². The summed E-state index contributed by atoms with van der Waals surface area (Å²) in [6, 6.07) is 8.03. The second-order valence-electron chi connectivity index (χ2n) is 4.23. The third-order valence-corrected chi connectivity index (χ3v) is 2.75. The topological polar surface area (TPSA) is 69.4 Å². The van der Waals surface area contributed by atoms with Crippen molar-refractivity contribution in [2.24, 2.45) is 4.99 Å². The largest absolute Gasteiger partial charge is 0.495 e. The molecular formula is C13H16N4O. The van der Waals surface area contributed by atoms with Crippen molar-refractivity contribution in [2.75, 3.05) is 13.7 Å². The van der Waals surface area contributed by atoms with Crippen LogP contribution >= 0.6 is 0 Å². The fourth-order valence-corrected chi connectivity index (χ4v) is 1.78. The zero-order valence-corrected chi connectivity index (χ0v) is 10.5. The summed E-state index contributed by atoms with van der Waals surface area (Å²) < 4.78 is 5.17. The molecule has 18 heavy (non-hydrogen) atoms. The summed E-state index contributed by atoms with van der Waals surface area (Å²) in [5.74, 6) is 1.43. The highest BCUT2D eigenvalue weighted by molar-refractivity contribution is 5.81. The zero-order valence-electron chi connectivity index (χ0n) is 10.5. The molecule has 1 aliphatic rings. The standard InChI is InChI=1S/C13H16N4O/c1-9-7-15-13(17-9)16-8-10-3-4-11(6-14)12(5-10)18-2/h3-5,9H,7-8H2,1-2H3,(H2,15,16,17). The van der Waals surface area contributed by atoms with E-state index in [1.807, 2.05) is 12.1 Å². The Labute approximate surface area is 106 Å². The fraction of sp³-hybridized carbons (Fsp3) is 0.385. The van der Waals surface area contributed by atoms with Crippen molar-refractivity contribution in [2.45, 2.75) is 19.5 Å². The number of benzene rings is 1. The first-order valence-corrected chi connectivity index (χ1v) is 5.85. The molecule has 94 valence electrons. The molecule has 2 N–H and O–H groups in total. The number of hydrogen-bond acceptors (Lipinski definition) is 5. The van der Waals surface area contributed by atoms with Crippen LogP contribution in [0.3, 0.4) is 0 Å². The molecule has 1 aromatic carbocycles. The van der Waals surface area contributed by atoms with Gasteiger partial charge >= 0.3 is 0 Å². The molecule has 0 saturated heterocycles. The van der Waals surface area contributed by atoms with Gasteiger partial charge in [0.2, 0.25) is 0 Å². The Morgan fingerprint density at radius 3 is 3.06 bits per heavy atom. The summed E-state index contributed by atoms with van der Waals surface area (Å²) in [5.41, 5.74) is 1.60. The lowest BCUT2D eigenvalue weighted by Gasteiger charge is -2.10. The third-order valence-electron chi connectivity index (χ3n) is 2.75. The third kappa shape index (κ3) is 2.72. The van der Waals surface area contributed by atoms with E-state index in [0.717, 1.165) is 18.1 Å². The molecule has 0 aromatic heterocycles. The molecule has 1 atom stereocenters. The highest BCUT2D eigenvalue weighted by atomic mass is 16.5. The average Bonchev–Trinajstić information content (AvgIpc) is 2.81. The van der Waals surface area contributed by atoms with E-state index in [4.69, 9.17) is 10.00 Å². The molecule has 1 unspecified atom stereocenters. The summed E-state index contributed by atoms with van der Waals surface area (Å²) in [5, 5.41) is 15.3. The van der Waals surface area contributed by atoms with E-state index >= 15 is 0 Å². The number of ether oxygens (including phenoxy) is 1. The van der Waals surface area contributed by atoms with Crippen molar-refractivity contribution in [1.82, 2.24) is 10.6 Å². The average molecular weight is 244 g/mol. The predicted octanol–water partition coefficient (Wildman–Crippen LogP) is 1.00. The fourth-order valence-electron chi connectivity index (χ4n) is 1.78. The molecule has 0 amide bonds. The minimum Gasteiger partial charge on any atom is -0.495 e. The zero-order chi connectivity index (χ0) is 13.0. The van der Waals surface area contributed by atoms with Crippen molar-refractivity contribution < 1.29 is 4.74 Å². The number of nitrogens with one attached hydrogen (secondary N) is 2. The lowest BCUT2D eigenvalue weighted by Crippen LogP contribution is -2.37. The molecule has 0 spiro atoms. The van der Waals surface area contributed by atoms with Gasteiger partial charge in [0.25, 0.3) is 0 Å². The predicted molar refractivity (Wildman–Crippen MR) is 69.4 cm³/mol. The van der Waals surface area contributed by atoms with E-state index in [2.05, 4.69) is 28.6 Å². The first-order chi connectivity index (χ1) is 8.72. The van der Waals surface area contributed by atoms with Gasteiger partial charge in [0.15, 0.2) is 5.96 Å². The first kappa shape index (κ1) is 12.2. The minimum absolute atomic E-state index is 0.392. The van der Waals surface area contributed by atoms with Crippen molar-refractivity contribution >= 4 is 5.96 Å². The maximum atomic E-state index is 8.90. The van der Waals surface area contributed by atoms with Gasteiger partial charge in [-0.1, -0.05) is 6.07 Å². The van der Waals surface area contributed by atoms with Crippen LogP contribution in [-0.2, 0) is 6.54 Å². The molecule has 1 aromatic rings. The SMILES string of the molecule is COc1cc(CNC2=NCC(C)N2)ccc1C#N. The monoisotopic (exact) mass is 244 g/mol. The van der Waals surface area contributed by atoms with Crippen LogP contribution in [0.15, 0.2) is 23.2 Å². The second kappa shape index (κ2) is 5.41. The number of aliphatic imine (C=N–C) groups is 1. The highest BCUT2D eigenvalue weighted by Crippen LogP contribution is 2.19. The van der Waals surface area contributed by atoms with E-state index in [-0.39, 0.29) is 0 Å². The Kier molecular flexibility index (Phi) is 3.68. The van der Waals surface area contributed by atoms with Crippen LogP contribution in [0.5, 0.6) is 5.75 Å². The summed E-state index contributed by atoms with van der Waals surface area (Å²) in [4.78, 5) is 4.32. The van der Waals surface area contributed by atoms with E-state index in [0.29, 0.717) is 23.9 Å². The van der Waals surface area contributed by atoms with Gasteiger partial charge in [-0.2, -0.15) is 5.26 Å². The molecule has 0 aliphatic carbocycles. The van der Waals surface area contributed by atoms with Crippen molar-refractivity contribution in [3.63, 3.8) is 0 Å². The summed E-state index contributed by atoms with van der Waals surface area (Å²) in [7, 11) is 1.57. The number of methoxy groups -OCH3 is 1. The van der Waals surface area contributed by atoms with Gasteiger partial charge in [0.05, 0.1) is 19.2 Å². The highest BCUT2D eigenvalue weighted by Gasteiger charge is 2.11. The van der Waals surface area contributed by atoms with E-state index < -0.39 is 0 Å². The number of guanidine groups is 1. The lowest BCUT2D eigenvalue weighted by atomic mass is 10.1. The van der Waals surface area contributed by atoms with Crippen molar-refractivity contribution in [3.05, 3.63) is 29.3 Å². The van der Waals surface area contributed by atoms with E-state index in [1.54, 1.807) is 13.2 Å². The first-order valence-electron chi connectivity index (χ1n) is 5.85. The summed E-state index contributed by atoms with van der Waals surface area (Å²) >= 11 is 0. The summed E-state index contributed by atoms with van der Waals surface area (Å²) in [6.45, 7) is 3.54. The Morgan fingerprint density at radius 2 is 2.44 bits per heavy atom. The Morgan fingerprint density at radius 1 is 1.61 bits per heavy atom. The van der Waals surface area contributed by atoms with E-state index in [1.165, 1.54) is 0 Å². The van der Waals surface area contributed by atoms with Crippen LogP contribution < -0.4 is 15.4 Å². The molecular weight excluding hydrogens is 228 g/mol. The maximum absolute atomic E-state index is 8.90. The number of rotatable bonds is 3. The Hall–Kier alpha value is -2.22. The van der Waals surface area contributed by atoms with Crippen molar-refractivity contribution in [1.29, 1.82) is 5.26 Å². The van der Waals surface area contributed by atoms with Crippen LogP contribution in [-0.4, -0.2) is 25.7 Å². The molecule has 5 heteroatoms. The molecule has 0 saturated carbocycles. The van der Waals surface area contributed by atoms with Crippen LogP contribution in [0.25, 0.3) is 0 Å². The van der Waals surface area contributed by atoms with E-state index in [9.17, 15) is 0 Å². The smallest absolute Gasteiger partial charge is 0.191 e. The number of hydrogen-bond donors (Lipinski definition) is 2. The van der Waals surface area contributed by atoms with Crippen LogP contribution in [0.1, 0.15) is 18.1 Å². The van der Waals surface area contributed by atoms with Gasteiger partial charge in [0.1, 0.15) is 11.8 Å². The summed E-state index contributed by atoms with van der Waals surface area (Å²) in [6.07, 6.45) is 0. The molecule has 5 nitrogen and oxygen atoms in total. The number of nitriles is 1.